The lowest BCUT2D eigenvalue weighted by Gasteiger charge is -2.45. The summed E-state index contributed by atoms with van der Waals surface area (Å²) < 4.78 is 22.7. The van der Waals surface area contributed by atoms with Crippen LogP contribution < -0.4 is 4.74 Å². The number of benzene rings is 2. The van der Waals surface area contributed by atoms with Crippen LogP contribution in [0, 0.1) is 0 Å². The Labute approximate surface area is 198 Å². The third kappa shape index (κ3) is 5.34. The Morgan fingerprint density at radius 3 is 2.74 bits per heavy atom. The fourth-order valence-corrected chi connectivity index (χ4v) is 4.25. The second kappa shape index (κ2) is 11.1. The average molecular weight is 468 g/mol. The average Bonchev–Trinajstić information content (AvgIpc) is 2.82. The molecule has 2 aromatic carbocycles. The highest BCUT2D eigenvalue weighted by atomic mass is 16.6. The standard InChI is InChI=1S/C25H29N3O6/c1-5-13-32-19-12-11-18(22(29)21(19)24(30)31-4)20-14-25(3,27-28-26)23(16(2)34-20)33-15-17-9-7-6-8-10-17/h5-12,16,20,23,29H,1,13-15H2,2-4H3/t16-,20-,23+,25-/m0/s1. The van der Waals surface area contributed by atoms with Crippen molar-refractivity contribution in [3.8, 4) is 11.5 Å². The number of carbonyl (C=O) groups excluding carboxylic acids is 1. The van der Waals surface area contributed by atoms with Gasteiger partial charge in [0.25, 0.3) is 0 Å². The molecule has 3 rings (SSSR count). The first-order chi connectivity index (χ1) is 16.3. The largest absolute Gasteiger partial charge is 0.507 e. The number of esters is 1. The van der Waals surface area contributed by atoms with Crippen LogP contribution in [0.15, 0.2) is 60.2 Å². The second-order valence-electron chi connectivity index (χ2n) is 8.27. The minimum Gasteiger partial charge on any atom is -0.507 e. The van der Waals surface area contributed by atoms with E-state index in [0.717, 1.165) is 5.56 Å². The van der Waals surface area contributed by atoms with Gasteiger partial charge in [0.05, 0.1) is 37.6 Å². The van der Waals surface area contributed by atoms with Gasteiger partial charge in [-0.25, -0.2) is 4.79 Å². The van der Waals surface area contributed by atoms with Crippen molar-refractivity contribution in [1.82, 2.24) is 0 Å². The fourth-order valence-electron chi connectivity index (χ4n) is 4.25. The molecule has 2 aromatic rings. The lowest BCUT2D eigenvalue weighted by atomic mass is 9.81. The number of rotatable bonds is 9. The Bertz CT molecular complexity index is 1070. The van der Waals surface area contributed by atoms with Crippen LogP contribution in [-0.2, 0) is 20.8 Å². The van der Waals surface area contributed by atoms with E-state index in [1.54, 1.807) is 19.1 Å². The van der Waals surface area contributed by atoms with Crippen molar-refractivity contribution in [3.63, 3.8) is 0 Å². The van der Waals surface area contributed by atoms with Gasteiger partial charge in [-0.3, -0.25) is 0 Å². The van der Waals surface area contributed by atoms with Gasteiger partial charge in [0.1, 0.15) is 23.7 Å². The molecule has 0 saturated carbocycles. The topological polar surface area (TPSA) is 123 Å². The van der Waals surface area contributed by atoms with Crippen LogP contribution in [0.5, 0.6) is 11.5 Å². The zero-order valence-electron chi connectivity index (χ0n) is 19.5. The first kappa shape index (κ1) is 25.1. The third-order valence-corrected chi connectivity index (χ3v) is 5.83. The summed E-state index contributed by atoms with van der Waals surface area (Å²) in [6.07, 6.45) is 0.0765. The van der Waals surface area contributed by atoms with Crippen molar-refractivity contribution in [2.75, 3.05) is 13.7 Å². The highest BCUT2D eigenvalue weighted by Gasteiger charge is 2.47. The molecule has 0 aromatic heterocycles. The monoisotopic (exact) mass is 467 g/mol. The van der Waals surface area contributed by atoms with Gasteiger partial charge < -0.3 is 24.1 Å². The Morgan fingerprint density at radius 1 is 1.35 bits per heavy atom. The summed E-state index contributed by atoms with van der Waals surface area (Å²) in [5.41, 5.74) is 9.55. The minimum absolute atomic E-state index is 0.106. The molecule has 0 bridgehead atoms. The number of hydrogen-bond acceptors (Lipinski definition) is 7. The number of phenolic OH excluding ortho intramolecular Hbond substituents is 1. The van der Waals surface area contributed by atoms with E-state index in [0.29, 0.717) is 12.2 Å². The molecule has 0 spiro atoms. The van der Waals surface area contributed by atoms with Crippen LogP contribution in [0.1, 0.15) is 47.9 Å². The lowest BCUT2D eigenvalue weighted by molar-refractivity contribution is -0.170. The van der Waals surface area contributed by atoms with E-state index in [1.165, 1.54) is 13.2 Å². The second-order valence-corrected chi connectivity index (χ2v) is 8.27. The van der Waals surface area contributed by atoms with Crippen LogP contribution in [0.2, 0.25) is 0 Å². The number of ether oxygens (including phenoxy) is 4. The number of hydrogen-bond donors (Lipinski definition) is 1. The maximum Gasteiger partial charge on any atom is 0.345 e. The van der Waals surface area contributed by atoms with Gasteiger partial charge in [0, 0.05) is 10.5 Å². The molecule has 1 saturated heterocycles. The molecule has 1 heterocycles. The van der Waals surface area contributed by atoms with Gasteiger partial charge in [-0.15, -0.1) is 0 Å². The van der Waals surface area contributed by atoms with Crippen molar-refractivity contribution in [2.45, 2.75) is 50.7 Å². The van der Waals surface area contributed by atoms with E-state index >= 15 is 0 Å². The molecule has 1 N–H and O–H groups in total. The highest BCUT2D eigenvalue weighted by molar-refractivity contribution is 5.96. The normalized spacial score (nSPS) is 24.0. The predicted molar refractivity (Wildman–Crippen MR) is 126 cm³/mol. The third-order valence-electron chi connectivity index (χ3n) is 5.83. The molecule has 0 unspecified atom stereocenters. The summed E-state index contributed by atoms with van der Waals surface area (Å²) >= 11 is 0. The molecule has 1 aliphatic heterocycles. The molecule has 1 aliphatic rings. The molecular weight excluding hydrogens is 438 g/mol. The zero-order chi connectivity index (χ0) is 24.7. The molecule has 4 atom stereocenters. The van der Waals surface area contributed by atoms with Gasteiger partial charge in [0.2, 0.25) is 0 Å². The summed E-state index contributed by atoms with van der Waals surface area (Å²) in [4.78, 5) is 15.5. The molecule has 9 nitrogen and oxygen atoms in total. The van der Waals surface area contributed by atoms with Gasteiger partial charge >= 0.3 is 5.97 Å². The molecule has 180 valence electrons. The molecule has 9 heteroatoms. The molecule has 34 heavy (non-hydrogen) atoms. The van der Waals surface area contributed by atoms with E-state index in [9.17, 15) is 15.4 Å². The van der Waals surface area contributed by atoms with E-state index < -0.39 is 29.8 Å². The van der Waals surface area contributed by atoms with Gasteiger partial charge in [-0.1, -0.05) is 55.0 Å². The van der Waals surface area contributed by atoms with E-state index in [2.05, 4.69) is 16.6 Å². The number of phenols is 1. The molecule has 0 radical (unpaired) electrons. The van der Waals surface area contributed by atoms with E-state index in [1.807, 2.05) is 37.3 Å². The predicted octanol–water partition coefficient (Wildman–Crippen LogP) is 5.25. The number of aromatic hydroxyl groups is 1. The number of azide groups is 1. The van der Waals surface area contributed by atoms with Crippen molar-refractivity contribution in [3.05, 3.63) is 82.3 Å². The zero-order valence-corrected chi connectivity index (χ0v) is 19.5. The van der Waals surface area contributed by atoms with Crippen molar-refractivity contribution < 1.29 is 28.8 Å². The first-order valence-electron chi connectivity index (χ1n) is 10.9. The Morgan fingerprint density at radius 2 is 2.09 bits per heavy atom. The van der Waals surface area contributed by atoms with Gasteiger partial charge in [-0.2, -0.15) is 0 Å². The fraction of sp³-hybridized carbons (Fsp3) is 0.400. The van der Waals surface area contributed by atoms with Gasteiger partial charge in [-0.05, 0) is 36.6 Å². The summed E-state index contributed by atoms with van der Waals surface area (Å²) in [6.45, 7) is 7.69. The van der Waals surface area contributed by atoms with E-state index in [4.69, 9.17) is 18.9 Å². The molecular formula is C25H29N3O6. The Kier molecular flexibility index (Phi) is 8.17. The summed E-state index contributed by atoms with van der Waals surface area (Å²) in [5.74, 6) is -0.888. The van der Waals surface area contributed by atoms with Crippen LogP contribution in [0.4, 0.5) is 0 Å². The van der Waals surface area contributed by atoms with Crippen molar-refractivity contribution in [2.24, 2.45) is 5.11 Å². The highest BCUT2D eigenvalue weighted by Crippen LogP contribution is 2.46. The Hall–Kier alpha value is -3.52. The van der Waals surface area contributed by atoms with Crippen LogP contribution in [0.3, 0.4) is 0 Å². The summed E-state index contributed by atoms with van der Waals surface area (Å²) in [6, 6.07) is 12.9. The van der Waals surface area contributed by atoms with Crippen LogP contribution in [0.25, 0.3) is 10.4 Å². The number of carbonyl (C=O) groups is 1. The lowest BCUT2D eigenvalue weighted by Crippen LogP contribution is -2.52. The SMILES string of the molecule is C=CCOc1ccc([C@@H]2C[C@](C)(N=[N+]=[N-])[C@H](OCc3ccccc3)[C@H](C)O2)c(O)c1C(=O)OC. The van der Waals surface area contributed by atoms with Crippen molar-refractivity contribution >= 4 is 5.97 Å². The van der Waals surface area contributed by atoms with Crippen molar-refractivity contribution in [1.29, 1.82) is 0 Å². The van der Waals surface area contributed by atoms with E-state index in [-0.39, 0.29) is 30.1 Å². The van der Waals surface area contributed by atoms with Gasteiger partial charge in [0.15, 0.2) is 0 Å². The first-order valence-corrected chi connectivity index (χ1v) is 10.9. The molecule has 0 aliphatic carbocycles. The summed E-state index contributed by atoms with van der Waals surface area (Å²) in [7, 11) is 1.22. The maximum absolute atomic E-state index is 12.4. The Balaban J connectivity index is 1.92. The minimum atomic E-state index is -0.970. The van der Waals surface area contributed by atoms with Crippen LogP contribution >= 0.6 is 0 Å². The smallest absolute Gasteiger partial charge is 0.345 e. The molecule has 0 amide bonds. The number of nitrogens with zero attached hydrogens (tertiary/aromatic N) is 3. The van der Waals surface area contributed by atoms with Crippen LogP contribution in [-0.4, -0.2) is 42.5 Å². The quantitative estimate of drug-likeness (QED) is 0.177. The molecule has 1 fully saturated rings. The maximum atomic E-state index is 12.4. The summed E-state index contributed by atoms with van der Waals surface area (Å²) in [5, 5.41) is 15.1. The number of methoxy groups -OCH3 is 1.